The molecule has 2 N–H and O–H groups in total. The van der Waals surface area contributed by atoms with Crippen molar-refractivity contribution in [3.05, 3.63) is 87.7 Å². The lowest BCUT2D eigenvalue weighted by atomic mass is 10.1. The molecule has 0 aliphatic heterocycles. The average molecular weight is 550 g/mol. The summed E-state index contributed by atoms with van der Waals surface area (Å²) in [6.45, 7) is 7.94. The molecule has 208 valence electrons. The van der Waals surface area contributed by atoms with Gasteiger partial charge in [0.2, 0.25) is 6.41 Å². The number of urea groups is 1. The van der Waals surface area contributed by atoms with Crippen molar-refractivity contribution in [2.24, 2.45) is 7.05 Å². The third-order valence-electron chi connectivity index (χ3n) is 6.70. The van der Waals surface area contributed by atoms with Gasteiger partial charge in [0, 0.05) is 29.9 Å². The molecule has 1 aliphatic carbocycles. The van der Waals surface area contributed by atoms with Gasteiger partial charge in [0.1, 0.15) is 11.6 Å². The highest BCUT2D eigenvalue weighted by Crippen LogP contribution is 2.38. The maximum absolute atomic E-state index is 14.8. The predicted octanol–water partition coefficient (Wildman–Crippen LogP) is 5.49. The third kappa shape index (κ3) is 5.49. The molecule has 0 bridgehead atoms. The van der Waals surface area contributed by atoms with Gasteiger partial charge in [0.15, 0.2) is 5.83 Å². The molecule has 4 amide bonds. The van der Waals surface area contributed by atoms with Crippen LogP contribution in [0.15, 0.2) is 59.7 Å². The Morgan fingerprint density at radius 3 is 2.40 bits per heavy atom. The highest BCUT2D eigenvalue weighted by molar-refractivity contribution is 6.06. The normalized spacial score (nSPS) is 12.4. The van der Waals surface area contributed by atoms with Crippen molar-refractivity contribution in [1.82, 2.24) is 9.47 Å². The number of halogens is 2. The van der Waals surface area contributed by atoms with E-state index in [2.05, 4.69) is 17.2 Å². The van der Waals surface area contributed by atoms with E-state index in [0.29, 0.717) is 30.4 Å². The summed E-state index contributed by atoms with van der Waals surface area (Å²) in [4.78, 5) is 53.5. The van der Waals surface area contributed by atoms with Crippen molar-refractivity contribution in [2.45, 2.75) is 39.7 Å². The topological polar surface area (TPSA) is 104 Å². The first kappa shape index (κ1) is 28.2. The highest BCUT2D eigenvalue weighted by atomic mass is 19.1. The fourth-order valence-electron chi connectivity index (χ4n) is 4.47. The summed E-state index contributed by atoms with van der Waals surface area (Å²) in [6.07, 6.45) is 1.72. The van der Waals surface area contributed by atoms with E-state index in [4.69, 9.17) is 0 Å². The summed E-state index contributed by atoms with van der Waals surface area (Å²) < 4.78 is 29.4. The molecule has 0 spiro atoms. The number of nitrogens with zero attached hydrogens (tertiary/aromatic N) is 3. The molecule has 0 atom stereocenters. The van der Waals surface area contributed by atoms with E-state index in [0.717, 1.165) is 4.90 Å². The number of aryl methyl sites for hydroxylation is 1. The van der Waals surface area contributed by atoms with E-state index in [1.165, 1.54) is 40.8 Å². The standard InChI is InChI=1S/C29H29F2N5O4/c1-16-9-12-24(23(31)13-16)33-26-17(2)25(18(3)28(39)34(26)5)36(29(40)35(15-37)21-10-11-21)22-8-6-7-20(14-22)32-27(38)19(4)30/h6-9,12-15,21,33H,4,10-11H2,1-3,5H3,(H,32,38). The first-order valence-corrected chi connectivity index (χ1v) is 12.5. The molecule has 4 rings (SSSR count). The SMILES string of the molecule is C=C(F)C(=O)Nc1cccc(N(C(=O)N(C=O)C2CC2)c2c(C)c(Nc3ccc(C)cc3F)n(C)c(=O)c2C)c1. The van der Waals surface area contributed by atoms with E-state index in [1.807, 2.05) is 0 Å². The molecule has 2 aromatic carbocycles. The molecule has 9 nitrogen and oxygen atoms in total. The number of benzene rings is 2. The van der Waals surface area contributed by atoms with Crippen LogP contribution in [-0.4, -0.2) is 33.9 Å². The van der Waals surface area contributed by atoms with E-state index in [9.17, 15) is 28.0 Å². The largest absolute Gasteiger partial charge is 0.339 e. The van der Waals surface area contributed by atoms with Crippen molar-refractivity contribution >= 4 is 46.9 Å². The molecular formula is C29H29F2N5O4. The van der Waals surface area contributed by atoms with Gasteiger partial charge in [-0.3, -0.25) is 28.8 Å². The van der Waals surface area contributed by atoms with Gasteiger partial charge in [-0.2, -0.15) is 0 Å². The van der Waals surface area contributed by atoms with Crippen LogP contribution in [0.4, 0.5) is 42.1 Å². The number of carbonyl (C=O) groups excluding carboxylic acids is 3. The van der Waals surface area contributed by atoms with Crippen molar-refractivity contribution in [3.8, 4) is 0 Å². The van der Waals surface area contributed by atoms with Gasteiger partial charge in [-0.15, -0.1) is 0 Å². The van der Waals surface area contributed by atoms with Crippen LogP contribution in [0.1, 0.15) is 29.5 Å². The van der Waals surface area contributed by atoms with Crippen molar-refractivity contribution < 1.29 is 23.2 Å². The number of hydrogen-bond acceptors (Lipinski definition) is 5. The summed E-state index contributed by atoms with van der Waals surface area (Å²) in [5.41, 5.74) is 1.52. The fraction of sp³-hybridized carbons (Fsp3) is 0.241. The zero-order valence-corrected chi connectivity index (χ0v) is 22.5. The van der Waals surface area contributed by atoms with Gasteiger partial charge >= 0.3 is 6.03 Å². The minimum atomic E-state index is -1.20. The van der Waals surface area contributed by atoms with Crippen LogP contribution in [0.3, 0.4) is 0 Å². The lowest BCUT2D eigenvalue weighted by Gasteiger charge is -2.31. The molecule has 1 heterocycles. The number of rotatable bonds is 8. The van der Waals surface area contributed by atoms with Gasteiger partial charge in [-0.1, -0.05) is 18.7 Å². The van der Waals surface area contributed by atoms with Crippen LogP contribution in [0.25, 0.3) is 0 Å². The van der Waals surface area contributed by atoms with Gasteiger partial charge in [-0.05, 0) is 69.5 Å². The van der Waals surface area contributed by atoms with Crippen molar-refractivity contribution in [3.63, 3.8) is 0 Å². The molecule has 3 aromatic rings. The molecule has 0 unspecified atom stereocenters. The van der Waals surface area contributed by atoms with Gasteiger partial charge in [0.05, 0.1) is 17.1 Å². The first-order valence-electron chi connectivity index (χ1n) is 12.5. The summed E-state index contributed by atoms with van der Waals surface area (Å²) in [7, 11) is 1.52. The maximum Gasteiger partial charge on any atom is 0.335 e. The Morgan fingerprint density at radius 2 is 1.80 bits per heavy atom. The van der Waals surface area contributed by atoms with Crippen LogP contribution in [0.5, 0.6) is 0 Å². The number of anilines is 5. The smallest absolute Gasteiger partial charge is 0.335 e. The fourth-order valence-corrected chi connectivity index (χ4v) is 4.47. The van der Waals surface area contributed by atoms with Gasteiger partial charge in [-0.25, -0.2) is 13.6 Å². The Morgan fingerprint density at radius 1 is 1.10 bits per heavy atom. The van der Waals surface area contributed by atoms with Crippen LogP contribution < -0.4 is 21.1 Å². The zero-order valence-electron chi connectivity index (χ0n) is 22.5. The summed E-state index contributed by atoms with van der Waals surface area (Å²) in [5, 5.41) is 5.33. The number of amides is 4. The minimum absolute atomic E-state index is 0.125. The summed E-state index contributed by atoms with van der Waals surface area (Å²) >= 11 is 0. The quantitative estimate of drug-likeness (QED) is 0.286. The second-order valence-electron chi connectivity index (χ2n) is 9.69. The molecule has 0 radical (unpaired) electrons. The number of aromatic nitrogens is 1. The Hall–Kier alpha value is -4.80. The molecule has 1 aliphatic rings. The number of imide groups is 1. The molecule has 1 aromatic heterocycles. The molecule has 0 saturated heterocycles. The Bertz CT molecular complexity index is 1600. The van der Waals surface area contributed by atoms with E-state index in [-0.39, 0.29) is 40.2 Å². The molecule has 11 heteroatoms. The average Bonchev–Trinajstić information content (AvgIpc) is 3.74. The van der Waals surface area contributed by atoms with E-state index in [1.54, 1.807) is 39.0 Å². The highest BCUT2D eigenvalue weighted by Gasteiger charge is 2.37. The third-order valence-corrected chi connectivity index (χ3v) is 6.70. The van der Waals surface area contributed by atoms with Crippen LogP contribution in [-0.2, 0) is 16.6 Å². The Kier molecular flexibility index (Phi) is 7.85. The molecule has 40 heavy (non-hydrogen) atoms. The number of carbonyl (C=O) groups is 3. The number of hydrogen-bond donors (Lipinski definition) is 2. The van der Waals surface area contributed by atoms with Crippen molar-refractivity contribution in [1.29, 1.82) is 0 Å². The second kappa shape index (κ2) is 11.1. The predicted molar refractivity (Wildman–Crippen MR) is 149 cm³/mol. The summed E-state index contributed by atoms with van der Waals surface area (Å²) in [5.74, 6) is -2.55. The first-order chi connectivity index (χ1) is 18.9. The van der Waals surface area contributed by atoms with E-state index >= 15 is 0 Å². The summed E-state index contributed by atoms with van der Waals surface area (Å²) in [6, 6.07) is 9.58. The lowest BCUT2D eigenvalue weighted by Crippen LogP contribution is -2.43. The van der Waals surface area contributed by atoms with Crippen LogP contribution >= 0.6 is 0 Å². The monoisotopic (exact) mass is 549 g/mol. The van der Waals surface area contributed by atoms with E-state index < -0.39 is 29.1 Å². The maximum atomic E-state index is 14.8. The number of nitrogens with one attached hydrogen (secondary N) is 2. The second-order valence-corrected chi connectivity index (χ2v) is 9.69. The Labute approximate surface area is 229 Å². The molecule has 1 saturated carbocycles. The Balaban J connectivity index is 1.92. The van der Waals surface area contributed by atoms with Crippen molar-refractivity contribution in [2.75, 3.05) is 15.5 Å². The lowest BCUT2D eigenvalue weighted by molar-refractivity contribution is -0.116. The molecular weight excluding hydrogens is 520 g/mol. The van der Waals surface area contributed by atoms with Gasteiger partial charge in [0.25, 0.3) is 11.5 Å². The van der Waals surface area contributed by atoms with Gasteiger partial charge < -0.3 is 10.6 Å². The van der Waals surface area contributed by atoms with Crippen LogP contribution in [0, 0.1) is 26.6 Å². The minimum Gasteiger partial charge on any atom is -0.339 e. The van der Waals surface area contributed by atoms with Crippen LogP contribution in [0.2, 0.25) is 0 Å². The molecule has 1 fully saturated rings. The zero-order chi connectivity index (χ0) is 29.3. The number of pyridine rings is 1.